The van der Waals surface area contributed by atoms with Crippen LogP contribution in [0.4, 0.5) is 4.79 Å². The van der Waals surface area contributed by atoms with Crippen molar-refractivity contribution in [3.05, 3.63) is 65.7 Å². The number of methoxy groups -OCH3 is 1. The van der Waals surface area contributed by atoms with Gasteiger partial charge in [0.2, 0.25) is 5.91 Å². The zero-order chi connectivity index (χ0) is 21.3. The van der Waals surface area contributed by atoms with Crippen LogP contribution in [-0.4, -0.2) is 49.2 Å². The molecule has 0 bridgehead atoms. The van der Waals surface area contributed by atoms with Crippen LogP contribution in [0.25, 0.3) is 0 Å². The molecule has 3 N–H and O–H groups in total. The minimum atomic E-state index is -0.865. The van der Waals surface area contributed by atoms with Gasteiger partial charge in [-0.1, -0.05) is 42.5 Å². The van der Waals surface area contributed by atoms with E-state index in [9.17, 15) is 14.7 Å². The number of amides is 2. The first-order chi connectivity index (χ1) is 14.5. The van der Waals surface area contributed by atoms with Gasteiger partial charge in [0.15, 0.2) is 6.29 Å². The standard InChI is InChI=1S/C22H26N2O6/c1-28-21-18(11-12-29-21)23-20(26)19(13-15-7-9-17(25)10-8-15)24-22(27)30-14-16-5-3-2-4-6-16/h2-10,18-19,21,25H,11-14H2,1H3,(H,23,26)(H,24,27)/t18-,19-,21?/m0/s1. The second-order valence-corrected chi connectivity index (χ2v) is 7.01. The number of benzene rings is 2. The van der Waals surface area contributed by atoms with Gasteiger partial charge in [-0.05, 0) is 29.7 Å². The van der Waals surface area contributed by atoms with Gasteiger partial charge < -0.3 is 30.0 Å². The number of carbonyl (C=O) groups excluding carboxylic acids is 2. The maximum absolute atomic E-state index is 12.9. The fourth-order valence-electron chi connectivity index (χ4n) is 3.20. The average Bonchev–Trinajstić information content (AvgIpc) is 3.21. The van der Waals surface area contributed by atoms with Gasteiger partial charge >= 0.3 is 6.09 Å². The van der Waals surface area contributed by atoms with E-state index in [1.54, 1.807) is 12.1 Å². The fraction of sp³-hybridized carbons (Fsp3) is 0.364. The number of phenolic OH excluding ortho intramolecular Hbond substituents is 1. The molecular formula is C22H26N2O6. The molecule has 2 amide bonds. The highest BCUT2D eigenvalue weighted by Gasteiger charge is 2.32. The summed E-state index contributed by atoms with van der Waals surface area (Å²) in [5.41, 5.74) is 1.63. The molecule has 0 aromatic heterocycles. The van der Waals surface area contributed by atoms with Crippen molar-refractivity contribution in [3.8, 4) is 5.75 Å². The lowest BCUT2D eigenvalue weighted by molar-refractivity contribution is -0.130. The van der Waals surface area contributed by atoms with Crippen molar-refractivity contribution < 1.29 is 28.9 Å². The third-order valence-corrected chi connectivity index (χ3v) is 4.80. The molecule has 2 aromatic carbocycles. The molecule has 8 nitrogen and oxygen atoms in total. The predicted molar refractivity (Wildman–Crippen MR) is 109 cm³/mol. The molecule has 3 rings (SSSR count). The molecule has 8 heteroatoms. The molecule has 0 saturated carbocycles. The molecule has 3 atom stereocenters. The largest absolute Gasteiger partial charge is 0.508 e. The lowest BCUT2D eigenvalue weighted by Gasteiger charge is -2.23. The maximum Gasteiger partial charge on any atom is 0.408 e. The van der Waals surface area contributed by atoms with Crippen LogP contribution in [0, 0.1) is 0 Å². The fourth-order valence-corrected chi connectivity index (χ4v) is 3.20. The summed E-state index contributed by atoms with van der Waals surface area (Å²) in [7, 11) is 1.52. The summed E-state index contributed by atoms with van der Waals surface area (Å²) in [5, 5.41) is 15.0. The zero-order valence-electron chi connectivity index (χ0n) is 16.7. The van der Waals surface area contributed by atoms with E-state index in [1.165, 1.54) is 19.2 Å². The van der Waals surface area contributed by atoms with Gasteiger partial charge in [0.25, 0.3) is 0 Å². The SMILES string of the molecule is COC1OCC[C@@H]1NC(=O)[C@H](Cc1ccc(O)cc1)NC(=O)OCc1ccccc1. The summed E-state index contributed by atoms with van der Waals surface area (Å²) in [6.07, 6.45) is -0.357. The second kappa shape index (κ2) is 10.6. The van der Waals surface area contributed by atoms with Crippen LogP contribution in [0.3, 0.4) is 0 Å². The third-order valence-electron chi connectivity index (χ3n) is 4.80. The summed E-state index contributed by atoms with van der Waals surface area (Å²) in [4.78, 5) is 25.2. The Bertz CT molecular complexity index is 827. The van der Waals surface area contributed by atoms with Crippen molar-refractivity contribution in [3.63, 3.8) is 0 Å². The topological polar surface area (TPSA) is 106 Å². The van der Waals surface area contributed by atoms with Crippen LogP contribution < -0.4 is 10.6 Å². The molecule has 1 saturated heterocycles. The van der Waals surface area contributed by atoms with E-state index in [-0.39, 0.29) is 30.7 Å². The predicted octanol–water partition coefficient (Wildman–Crippen LogP) is 2.11. The number of rotatable bonds is 8. The van der Waals surface area contributed by atoms with Gasteiger partial charge in [0.05, 0.1) is 12.6 Å². The zero-order valence-corrected chi connectivity index (χ0v) is 16.7. The number of carbonyl (C=O) groups is 2. The van der Waals surface area contributed by atoms with E-state index in [2.05, 4.69) is 10.6 Å². The summed E-state index contributed by atoms with van der Waals surface area (Å²) < 4.78 is 15.9. The first kappa shape index (κ1) is 21.6. The van der Waals surface area contributed by atoms with Crippen molar-refractivity contribution in [2.45, 2.75) is 37.8 Å². The number of phenols is 1. The summed E-state index contributed by atoms with van der Waals surface area (Å²) >= 11 is 0. The molecule has 30 heavy (non-hydrogen) atoms. The van der Waals surface area contributed by atoms with Gasteiger partial charge in [0, 0.05) is 13.5 Å². The molecule has 1 aliphatic rings. The Balaban J connectivity index is 1.64. The number of hydrogen-bond acceptors (Lipinski definition) is 6. The highest BCUT2D eigenvalue weighted by molar-refractivity contribution is 5.86. The van der Waals surface area contributed by atoms with E-state index < -0.39 is 18.4 Å². The lowest BCUT2D eigenvalue weighted by Crippen LogP contribution is -2.52. The van der Waals surface area contributed by atoms with E-state index in [1.807, 2.05) is 30.3 Å². The van der Waals surface area contributed by atoms with E-state index >= 15 is 0 Å². The summed E-state index contributed by atoms with van der Waals surface area (Å²) in [6.45, 7) is 0.584. The molecule has 2 aromatic rings. The van der Waals surface area contributed by atoms with Crippen LogP contribution in [0.15, 0.2) is 54.6 Å². The van der Waals surface area contributed by atoms with Gasteiger partial charge in [-0.15, -0.1) is 0 Å². The van der Waals surface area contributed by atoms with Gasteiger partial charge in [-0.25, -0.2) is 4.79 Å². The highest BCUT2D eigenvalue weighted by Crippen LogP contribution is 2.15. The number of ether oxygens (including phenoxy) is 3. The Hall–Kier alpha value is -3.10. The molecular weight excluding hydrogens is 388 g/mol. The number of alkyl carbamates (subject to hydrolysis) is 1. The highest BCUT2D eigenvalue weighted by atomic mass is 16.7. The summed E-state index contributed by atoms with van der Waals surface area (Å²) in [6, 6.07) is 14.6. The normalized spacial score (nSPS) is 19.1. The molecule has 0 aliphatic carbocycles. The first-order valence-electron chi connectivity index (χ1n) is 9.75. The van der Waals surface area contributed by atoms with Crippen molar-refractivity contribution in [1.29, 1.82) is 0 Å². The minimum absolute atomic E-state index is 0.0996. The van der Waals surface area contributed by atoms with E-state index in [4.69, 9.17) is 14.2 Å². The molecule has 0 radical (unpaired) electrons. The molecule has 1 aliphatic heterocycles. The van der Waals surface area contributed by atoms with Crippen molar-refractivity contribution in [2.75, 3.05) is 13.7 Å². The van der Waals surface area contributed by atoms with Crippen molar-refractivity contribution >= 4 is 12.0 Å². The number of nitrogens with one attached hydrogen (secondary N) is 2. The van der Waals surface area contributed by atoms with Gasteiger partial charge in [-0.2, -0.15) is 0 Å². The Kier molecular flexibility index (Phi) is 7.64. The van der Waals surface area contributed by atoms with Gasteiger partial charge in [-0.3, -0.25) is 4.79 Å². The number of hydrogen-bond donors (Lipinski definition) is 3. The van der Waals surface area contributed by atoms with Crippen LogP contribution in [0.2, 0.25) is 0 Å². The monoisotopic (exact) mass is 414 g/mol. The Morgan fingerprint density at radius 2 is 1.87 bits per heavy atom. The average molecular weight is 414 g/mol. The quantitative estimate of drug-likeness (QED) is 0.611. The Morgan fingerprint density at radius 1 is 1.13 bits per heavy atom. The van der Waals surface area contributed by atoms with Crippen LogP contribution in [0.1, 0.15) is 17.5 Å². The number of aromatic hydroxyl groups is 1. The van der Waals surface area contributed by atoms with Crippen molar-refractivity contribution in [2.24, 2.45) is 0 Å². The smallest absolute Gasteiger partial charge is 0.408 e. The summed E-state index contributed by atoms with van der Waals surface area (Å²) in [5.74, 6) is -0.238. The molecule has 1 fully saturated rings. The molecule has 0 spiro atoms. The molecule has 160 valence electrons. The second-order valence-electron chi connectivity index (χ2n) is 7.01. The maximum atomic E-state index is 12.9. The van der Waals surface area contributed by atoms with E-state index in [0.717, 1.165) is 11.1 Å². The van der Waals surface area contributed by atoms with Crippen molar-refractivity contribution in [1.82, 2.24) is 10.6 Å². The van der Waals surface area contributed by atoms with E-state index in [0.29, 0.717) is 13.0 Å². The van der Waals surface area contributed by atoms with Crippen LogP contribution in [-0.2, 0) is 32.0 Å². The third kappa shape index (κ3) is 6.20. The van der Waals surface area contributed by atoms with Crippen LogP contribution >= 0.6 is 0 Å². The first-order valence-corrected chi connectivity index (χ1v) is 9.75. The molecule has 1 unspecified atom stereocenters. The lowest BCUT2D eigenvalue weighted by atomic mass is 10.0. The Morgan fingerprint density at radius 3 is 2.57 bits per heavy atom. The Labute approximate surface area is 175 Å². The van der Waals surface area contributed by atoms with Gasteiger partial charge in [0.1, 0.15) is 18.4 Å². The minimum Gasteiger partial charge on any atom is -0.508 e. The van der Waals surface area contributed by atoms with Crippen LogP contribution in [0.5, 0.6) is 5.75 Å². The molecule has 1 heterocycles.